The van der Waals surface area contributed by atoms with E-state index in [0.29, 0.717) is 26.6 Å². The molecule has 0 bridgehead atoms. The minimum absolute atomic E-state index is 0.00857. The first-order chi connectivity index (χ1) is 16.7. The van der Waals surface area contributed by atoms with E-state index in [2.05, 4.69) is 15.5 Å². The van der Waals surface area contributed by atoms with Crippen molar-refractivity contribution in [2.45, 2.75) is 22.7 Å². The Labute approximate surface area is 217 Å². The first-order valence-electron chi connectivity index (χ1n) is 10.4. The molecule has 1 N–H and O–H groups in total. The summed E-state index contributed by atoms with van der Waals surface area (Å²) < 4.78 is 27.8. The summed E-state index contributed by atoms with van der Waals surface area (Å²) in [5.74, 6) is -0.393. The Kier molecular flexibility index (Phi) is 7.81. The lowest BCUT2D eigenvalue weighted by molar-refractivity contribution is -0.113. The molecule has 0 saturated carbocycles. The van der Waals surface area contributed by atoms with Crippen molar-refractivity contribution < 1.29 is 13.2 Å². The van der Waals surface area contributed by atoms with Gasteiger partial charge >= 0.3 is 0 Å². The van der Waals surface area contributed by atoms with Gasteiger partial charge < -0.3 is 5.32 Å². The zero-order valence-electron chi connectivity index (χ0n) is 18.5. The predicted octanol–water partition coefficient (Wildman–Crippen LogP) is 5.59. The van der Waals surface area contributed by atoms with E-state index in [1.54, 1.807) is 47.0 Å². The standard InChI is InChI=1S/C24H20Cl2N4O3S2/c1-16-7-10-19(11-8-16)35(32,33)15-22-28-29-24(30(22)18-5-3-2-4-6-18)34-14-23(31)27-21-12-9-17(25)13-20(21)26/h2-13H,14-15H2,1H3,(H,27,31). The summed E-state index contributed by atoms with van der Waals surface area (Å²) in [5, 5.41) is 12.2. The van der Waals surface area contributed by atoms with Crippen molar-refractivity contribution in [1.82, 2.24) is 14.8 Å². The zero-order chi connectivity index (χ0) is 25.0. The molecule has 180 valence electrons. The van der Waals surface area contributed by atoms with Crippen molar-refractivity contribution in [3.63, 3.8) is 0 Å². The number of nitrogens with one attached hydrogen (secondary N) is 1. The van der Waals surface area contributed by atoms with Crippen LogP contribution in [-0.2, 0) is 20.4 Å². The lowest BCUT2D eigenvalue weighted by Crippen LogP contribution is -2.15. The fourth-order valence-electron chi connectivity index (χ4n) is 3.23. The van der Waals surface area contributed by atoms with Gasteiger partial charge in [0.15, 0.2) is 20.8 Å². The fraction of sp³-hybridized carbons (Fsp3) is 0.125. The van der Waals surface area contributed by atoms with Crippen LogP contribution >= 0.6 is 35.0 Å². The van der Waals surface area contributed by atoms with E-state index in [-0.39, 0.29) is 28.1 Å². The molecule has 0 aliphatic carbocycles. The molecule has 1 aromatic heterocycles. The lowest BCUT2D eigenvalue weighted by Gasteiger charge is -2.11. The maximum atomic E-state index is 13.1. The number of hydrogen-bond donors (Lipinski definition) is 1. The van der Waals surface area contributed by atoms with Crippen molar-refractivity contribution in [3.8, 4) is 5.69 Å². The van der Waals surface area contributed by atoms with E-state index in [1.807, 2.05) is 37.3 Å². The minimum atomic E-state index is -3.66. The van der Waals surface area contributed by atoms with E-state index in [4.69, 9.17) is 23.2 Å². The number of benzene rings is 3. The Morgan fingerprint density at radius 3 is 2.40 bits per heavy atom. The Hall–Kier alpha value is -2.85. The van der Waals surface area contributed by atoms with Crippen molar-refractivity contribution in [1.29, 1.82) is 0 Å². The highest BCUT2D eigenvalue weighted by molar-refractivity contribution is 7.99. The Morgan fingerprint density at radius 2 is 1.71 bits per heavy atom. The molecule has 0 aliphatic heterocycles. The summed E-state index contributed by atoms with van der Waals surface area (Å²) in [7, 11) is -3.66. The van der Waals surface area contributed by atoms with Gasteiger partial charge in [-0.3, -0.25) is 9.36 Å². The number of amides is 1. The van der Waals surface area contributed by atoms with Crippen LogP contribution in [0.5, 0.6) is 0 Å². The van der Waals surface area contributed by atoms with Crippen molar-refractivity contribution in [2.24, 2.45) is 0 Å². The van der Waals surface area contributed by atoms with Crippen molar-refractivity contribution in [3.05, 3.63) is 94.2 Å². The van der Waals surface area contributed by atoms with Gasteiger partial charge in [0.1, 0.15) is 5.75 Å². The number of rotatable bonds is 8. The second-order valence-corrected chi connectivity index (χ2v) is 11.4. The van der Waals surface area contributed by atoms with Gasteiger partial charge in [-0.2, -0.15) is 0 Å². The number of nitrogens with zero attached hydrogens (tertiary/aromatic N) is 3. The summed E-state index contributed by atoms with van der Waals surface area (Å²) in [4.78, 5) is 12.7. The highest BCUT2D eigenvalue weighted by Crippen LogP contribution is 2.27. The van der Waals surface area contributed by atoms with Gasteiger partial charge in [0.2, 0.25) is 5.91 Å². The summed E-state index contributed by atoms with van der Waals surface area (Å²) in [6.45, 7) is 1.89. The molecule has 1 amide bonds. The average Bonchev–Trinajstić information content (AvgIpc) is 3.22. The van der Waals surface area contributed by atoms with Crippen LogP contribution in [0, 0.1) is 6.92 Å². The molecule has 0 spiro atoms. The summed E-state index contributed by atoms with van der Waals surface area (Å²) in [6, 6.07) is 20.6. The smallest absolute Gasteiger partial charge is 0.234 e. The van der Waals surface area contributed by atoms with Gasteiger partial charge in [-0.05, 0) is 49.4 Å². The van der Waals surface area contributed by atoms with Gasteiger partial charge in [-0.15, -0.1) is 10.2 Å². The monoisotopic (exact) mass is 546 g/mol. The predicted molar refractivity (Wildman–Crippen MR) is 139 cm³/mol. The summed E-state index contributed by atoms with van der Waals surface area (Å²) >= 11 is 13.2. The molecule has 35 heavy (non-hydrogen) atoms. The highest BCUT2D eigenvalue weighted by Gasteiger charge is 2.23. The molecule has 4 aromatic rings. The first-order valence-corrected chi connectivity index (χ1v) is 13.8. The van der Waals surface area contributed by atoms with Gasteiger partial charge in [0.25, 0.3) is 0 Å². The highest BCUT2D eigenvalue weighted by atomic mass is 35.5. The fourth-order valence-corrected chi connectivity index (χ4v) is 5.70. The normalized spacial score (nSPS) is 11.4. The van der Waals surface area contributed by atoms with E-state index in [9.17, 15) is 13.2 Å². The van der Waals surface area contributed by atoms with Crippen LogP contribution in [0.2, 0.25) is 10.0 Å². The van der Waals surface area contributed by atoms with Gasteiger partial charge in [0, 0.05) is 10.7 Å². The molecule has 4 rings (SSSR count). The molecule has 0 atom stereocenters. The van der Waals surface area contributed by atoms with Crippen LogP contribution in [0.15, 0.2) is 82.8 Å². The Balaban J connectivity index is 1.57. The number of anilines is 1. The summed E-state index contributed by atoms with van der Waals surface area (Å²) in [5.41, 5.74) is 2.10. The maximum absolute atomic E-state index is 13.1. The van der Waals surface area contributed by atoms with Crippen LogP contribution < -0.4 is 5.32 Å². The molecule has 0 fully saturated rings. The number of sulfone groups is 1. The number of hydrogen-bond acceptors (Lipinski definition) is 6. The zero-order valence-corrected chi connectivity index (χ0v) is 21.6. The van der Waals surface area contributed by atoms with Crippen LogP contribution in [0.4, 0.5) is 5.69 Å². The van der Waals surface area contributed by atoms with E-state index in [1.165, 1.54) is 0 Å². The van der Waals surface area contributed by atoms with Crippen molar-refractivity contribution >= 4 is 56.4 Å². The van der Waals surface area contributed by atoms with Crippen LogP contribution in [0.3, 0.4) is 0 Å². The topological polar surface area (TPSA) is 94.0 Å². The van der Waals surface area contributed by atoms with Crippen LogP contribution in [0.1, 0.15) is 11.4 Å². The number of para-hydroxylation sites is 1. The van der Waals surface area contributed by atoms with Crippen LogP contribution in [0.25, 0.3) is 5.69 Å². The number of carbonyl (C=O) groups is 1. The number of carbonyl (C=O) groups excluding carboxylic acids is 1. The minimum Gasteiger partial charge on any atom is -0.324 e. The number of halogens is 2. The number of aryl methyl sites for hydroxylation is 1. The molecular formula is C24H20Cl2N4O3S2. The molecule has 1 heterocycles. The van der Waals surface area contributed by atoms with Gasteiger partial charge in [-0.1, -0.05) is 70.9 Å². The second-order valence-electron chi connectivity index (χ2n) is 7.60. The summed E-state index contributed by atoms with van der Waals surface area (Å²) in [6.07, 6.45) is 0. The van der Waals surface area contributed by atoms with E-state index < -0.39 is 9.84 Å². The second kappa shape index (κ2) is 10.8. The first kappa shape index (κ1) is 25.2. The average molecular weight is 547 g/mol. The molecule has 0 radical (unpaired) electrons. The van der Waals surface area contributed by atoms with Gasteiger partial charge in [0.05, 0.1) is 21.4 Å². The SMILES string of the molecule is Cc1ccc(S(=O)(=O)Cc2nnc(SCC(=O)Nc3ccc(Cl)cc3Cl)n2-c2ccccc2)cc1. The van der Waals surface area contributed by atoms with E-state index in [0.717, 1.165) is 17.3 Å². The molecule has 11 heteroatoms. The molecule has 0 aliphatic rings. The molecular weight excluding hydrogens is 527 g/mol. The largest absolute Gasteiger partial charge is 0.324 e. The molecule has 7 nitrogen and oxygen atoms in total. The third-order valence-corrected chi connectivity index (χ3v) is 8.06. The Bertz CT molecular complexity index is 1460. The lowest BCUT2D eigenvalue weighted by atomic mass is 10.2. The molecule has 0 saturated heterocycles. The number of aromatic nitrogens is 3. The quantitative estimate of drug-likeness (QED) is 0.289. The molecule has 3 aromatic carbocycles. The molecule has 0 unspecified atom stereocenters. The van der Waals surface area contributed by atoms with Gasteiger partial charge in [-0.25, -0.2) is 8.42 Å². The Morgan fingerprint density at radius 1 is 1.00 bits per heavy atom. The van der Waals surface area contributed by atoms with Crippen LogP contribution in [-0.4, -0.2) is 34.8 Å². The van der Waals surface area contributed by atoms with Crippen molar-refractivity contribution in [2.75, 3.05) is 11.1 Å². The third-order valence-electron chi connectivity index (χ3n) is 4.95. The number of thioether (sulfide) groups is 1. The third kappa shape index (κ3) is 6.24. The maximum Gasteiger partial charge on any atom is 0.234 e. The van der Waals surface area contributed by atoms with E-state index >= 15 is 0 Å².